The molecule has 1 fully saturated rings. The van der Waals surface area contributed by atoms with Gasteiger partial charge in [0.05, 0.1) is 0 Å². The van der Waals surface area contributed by atoms with Gasteiger partial charge in [-0.1, -0.05) is 0 Å². The topological polar surface area (TPSA) is 32.5 Å². The predicted molar refractivity (Wildman–Crippen MR) is 57.2 cm³/mol. The van der Waals surface area contributed by atoms with Crippen molar-refractivity contribution in [3.05, 3.63) is 0 Å². The van der Waals surface area contributed by atoms with Crippen molar-refractivity contribution in [2.45, 2.75) is 31.1 Å². The van der Waals surface area contributed by atoms with Crippen LogP contribution in [-0.4, -0.2) is 61.8 Å². The van der Waals surface area contributed by atoms with Crippen molar-refractivity contribution in [1.82, 2.24) is 9.80 Å². The Morgan fingerprint density at radius 1 is 1.50 bits per heavy atom. The number of hydrogen-bond donors (Lipinski definition) is 1. The van der Waals surface area contributed by atoms with Crippen LogP contribution in [0.3, 0.4) is 0 Å². The lowest BCUT2D eigenvalue weighted by molar-refractivity contribution is -0.178. The van der Waals surface area contributed by atoms with E-state index in [1.165, 1.54) is 11.9 Å². The first-order valence-corrected chi connectivity index (χ1v) is 5.53. The summed E-state index contributed by atoms with van der Waals surface area (Å²) >= 11 is 0. The van der Waals surface area contributed by atoms with Crippen LogP contribution in [0.1, 0.15) is 12.8 Å². The van der Waals surface area contributed by atoms with Crippen LogP contribution in [0.2, 0.25) is 0 Å². The normalized spacial score (nSPS) is 25.3. The molecule has 0 amide bonds. The molecule has 0 saturated carbocycles. The van der Waals surface area contributed by atoms with Crippen LogP contribution in [0.15, 0.2) is 0 Å². The Hall–Kier alpha value is -0.330. The van der Waals surface area contributed by atoms with Gasteiger partial charge in [-0.05, 0) is 33.5 Å². The van der Waals surface area contributed by atoms with Gasteiger partial charge in [0.2, 0.25) is 0 Å². The van der Waals surface area contributed by atoms with Crippen LogP contribution in [0, 0.1) is 0 Å². The monoisotopic (exact) mass is 239 g/mol. The molecule has 0 bridgehead atoms. The zero-order chi connectivity index (χ0) is 12.3. The van der Waals surface area contributed by atoms with E-state index in [0.717, 1.165) is 19.4 Å². The molecule has 96 valence electrons. The first kappa shape index (κ1) is 13.7. The van der Waals surface area contributed by atoms with Gasteiger partial charge in [-0.25, -0.2) is 0 Å². The van der Waals surface area contributed by atoms with Crippen molar-refractivity contribution in [2.24, 2.45) is 5.73 Å². The molecule has 0 aromatic carbocycles. The van der Waals surface area contributed by atoms with Crippen molar-refractivity contribution < 1.29 is 13.2 Å². The van der Waals surface area contributed by atoms with Crippen LogP contribution in [0.4, 0.5) is 13.2 Å². The lowest BCUT2D eigenvalue weighted by Gasteiger charge is -2.32. The number of likely N-dealkylation sites (tertiary alicyclic amines) is 1. The number of nitrogens with zero attached hydrogens (tertiary/aromatic N) is 2. The average molecular weight is 239 g/mol. The molecule has 16 heavy (non-hydrogen) atoms. The van der Waals surface area contributed by atoms with Gasteiger partial charge in [-0.15, -0.1) is 0 Å². The molecule has 2 atom stereocenters. The first-order valence-electron chi connectivity index (χ1n) is 5.53. The maximum atomic E-state index is 12.6. The molecule has 0 radical (unpaired) electrons. The highest BCUT2D eigenvalue weighted by molar-refractivity contribution is 4.84. The summed E-state index contributed by atoms with van der Waals surface area (Å²) in [5.74, 6) is 0. The third-order valence-corrected chi connectivity index (χ3v) is 3.30. The Morgan fingerprint density at radius 3 is 2.50 bits per heavy atom. The molecule has 0 aliphatic carbocycles. The van der Waals surface area contributed by atoms with E-state index >= 15 is 0 Å². The number of alkyl halides is 3. The fourth-order valence-electron chi connectivity index (χ4n) is 2.23. The summed E-state index contributed by atoms with van der Waals surface area (Å²) in [6, 6.07) is -1.30. The van der Waals surface area contributed by atoms with Gasteiger partial charge >= 0.3 is 6.18 Å². The van der Waals surface area contributed by atoms with Crippen LogP contribution >= 0.6 is 0 Å². The summed E-state index contributed by atoms with van der Waals surface area (Å²) in [4.78, 5) is 3.44. The van der Waals surface area contributed by atoms with Crippen molar-refractivity contribution >= 4 is 0 Å². The lowest BCUT2D eigenvalue weighted by Crippen LogP contribution is -2.51. The molecule has 0 aromatic heterocycles. The number of hydrogen-bond acceptors (Lipinski definition) is 3. The summed E-state index contributed by atoms with van der Waals surface area (Å²) in [7, 11) is 3.45. The van der Waals surface area contributed by atoms with Gasteiger partial charge < -0.3 is 10.6 Å². The second kappa shape index (κ2) is 5.33. The van der Waals surface area contributed by atoms with Gasteiger partial charge in [0.1, 0.15) is 6.04 Å². The van der Waals surface area contributed by atoms with E-state index in [1.807, 2.05) is 7.05 Å². The highest BCUT2D eigenvalue weighted by Crippen LogP contribution is 2.25. The Bertz CT molecular complexity index is 220. The smallest absolute Gasteiger partial charge is 0.329 e. The highest BCUT2D eigenvalue weighted by atomic mass is 19.4. The van der Waals surface area contributed by atoms with Crippen LogP contribution in [0.25, 0.3) is 0 Å². The molecule has 6 heteroatoms. The quantitative estimate of drug-likeness (QED) is 0.791. The first-order chi connectivity index (χ1) is 7.36. The Balaban J connectivity index is 2.52. The minimum absolute atomic E-state index is 0.224. The van der Waals surface area contributed by atoms with Gasteiger partial charge in [0, 0.05) is 19.1 Å². The molecular formula is C10H20F3N3. The molecular weight excluding hydrogens is 219 g/mol. The maximum absolute atomic E-state index is 12.6. The molecule has 2 unspecified atom stereocenters. The molecule has 0 aromatic rings. The van der Waals surface area contributed by atoms with Crippen molar-refractivity contribution in [1.29, 1.82) is 0 Å². The van der Waals surface area contributed by atoms with E-state index in [-0.39, 0.29) is 12.6 Å². The van der Waals surface area contributed by atoms with Gasteiger partial charge in [-0.3, -0.25) is 4.90 Å². The number of halogens is 3. The fraction of sp³-hybridized carbons (Fsp3) is 1.00. The lowest BCUT2D eigenvalue weighted by atomic mass is 10.1. The minimum Gasteiger partial charge on any atom is -0.329 e. The molecule has 1 saturated heterocycles. The van der Waals surface area contributed by atoms with Gasteiger partial charge in [0.25, 0.3) is 0 Å². The van der Waals surface area contributed by atoms with Crippen molar-refractivity contribution in [3.8, 4) is 0 Å². The third-order valence-electron chi connectivity index (χ3n) is 3.30. The summed E-state index contributed by atoms with van der Waals surface area (Å²) in [5, 5.41) is 0. The largest absolute Gasteiger partial charge is 0.405 e. The second-order valence-corrected chi connectivity index (χ2v) is 4.51. The van der Waals surface area contributed by atoms with Crippen LogP contribution in [0.5, 0.6) is 0 Å². The van der Waals surface area contributed by atoms with Crippen LogP contribution < -0.4 is 5.73 Å². The Labute approximate surface area is 94.4 Å². The molecule has 1 aliphatic heterocycles. The summed E-state index contributed by atoms with van der Waals surface area (Å²) in [5.41, 5.74) is 5.19. The number of likely N-dealkylation sites (N-methyl/N-ethyl adjacent to an activating group) is 2. The van der Waals surface area contributed by atoms with Gasteiger partial charge in [-0.2, -0.15) is 13.2 Å². The Kier molecular flexibility index (Phi) is 4.58. The Morgan fingerprint density at radius 2 is 2.12 bits per heavy atom. The van der Waals surface area contributed by atoms with E-state index in [9.17, 15) is 13.2 Å². The SMILES string of the molecule is CN1CCCC1CN(C)C(CN)C(F)(F)F. The molecule has 1 aliphatic rings. The van der Waals surface area contributed by atoms with E-state index < -0.39 is 12.2 Å². The second-order valence-electron chi connectivity index (χ2n) is 4.51. The summed E-state index contributed by atoms with van der Waals surface area (Å²) in [6.07, 6.45) is -2.20. The van der Waals surface area contributed by atoms with Crippen molar-refractivity contribution in [2.75, 3.05) is 33.7 Å². The highest BCUT2D eigenvalue weighted by Gasteiger charge is 2.42. The average Bonchev–Trinajstić information content (AvgIpc) is 2.50. The minimum atomic E-state index is -4.24. The van der Waals surface area contributed by atoms with Crippen LogP contribution in [-0.2, 0) is 0 Å². The maximum Gasteiger partial charge on any atom is 0.405 e. The summed E-state index contributed by atoms with van der Waals surface area (Å²) < 4.78 is 37.8. The van der Waals surface area contributed by atoms with E-state index in [4.69, 9.17) is 5.73 Å². The zero-order valence-electron chi connectivity index (χ0n) is 9.80. The molecule has 1 rings (SSSR count). The number of nitrogens with two attached hydrogens (primary N) is 1. The summed E-state index contributed by atoms with van der Waals surface area (Å²) in [6.45, 7) is 1.02. The van der Waals surface area contributed by atoms with E-state index in [0.29, 0.717) is 6.54 Å². The van der Waals surface area contributed by atoms with E-state index in [2.05, 4.69) is 4.90 Å². The molecule has 2 N–H and O–H groups in total. The standard InChI is InChI=1S/C10H20F3N3/c1-15-5-3-4-8(15)7-16(2)9(6-14)10(11,12)13/h8-9H,3-7,14H2,1-2H3. The van der Waals surface area contributed by atoms with Crippen molar-refractivity contribution in [3.63, 3.8) is 0 Å². The predicted octanol–water partition coefficient (Wildman–Crippen LogP) is 0.902. The third kappa shape index (κ3) is 3.33. The molecule has 3 nitrogen and oxygen atoms in total. The van der Waals surface area contributed by atoms with E-state index in [1.54, 1.807) is 0 Å². The molecule has 0 spiro atoms. The molecule has 1 heterocycles. The number of rotatable bonds is 4. The van der Waals surface area contributed by atoms with Gasteiger partial charge in [0.15, 0.2) is 0 Å². The zero-order valence-corrected chi connectivity index (χ0v) is 9.80. The fourth-order valence-corrected chi connectivity index (χ4v) is 2.23.